The molecule has 0 aromatic heterocycles. The molecule has 0 bridgehead atoms. The summed E-state index contributed by atoms with van der Waals surface area (Å²) in [5.74, 6) is -0.975. The second-order valence-electron chi connectivity index (χ2n) is 4.56. The summed E-state index contributed by atoms with van der Waals surface area (Å²) in [6.07, 6.45) is 3.11. The average Bonchev–Trinajstić information content (AvgIpc) is 2.44. The number of likely N-dealkylation sites (N-methyl/N-ethyl adjacent to an activating group) is 1. The van der Waals surface area contributed by atoms with Crippen LogP contribution in [0.3, 0.4) is 0 Å². The number of aliphatic carboxylic acids is 1. The molecule has 5 heteroatoms. The maximum atomic E-state index is 11.8. The van der Waals surface area contributed by atoms with Crippen LogP contribution in [0.15, 0.2) is 30.3 Å². The number of carboxylic acid groups (broad SMARTS) is 1. The molecule has 5 nitrogen and oxygen atoms in total. The Balaban J connectivity index is 2.59. The van der Waals surface area contributed by atoms with Crippen LogP contribution < -0.4 is 4.74 Å². The monoisotopic (exact) mass is 277 g/mol. The van der Waals surface area contributed by atoms with Crippen molar-refractivity contribution in [3.63, 3.8) is 0 Å². The van der Waals surface area contributed by atoms with Gasteiger partial charge in [-0.05, 0) is 23.8 Å². The van der Waals surface area contributed by atoms with E-state index in [-0.39, 0.29) is 12.5 Å². The number of ether oxygens (including phenoxy) is 1. The highest BCUT2D eigenvalue weighted by Crippen LogP contribution is 2.12. The van der Waals surface area contributed by atoms with Crippen LogP contribution in [0.1, 0.15) is 12.5 Å². The molecule has 1 rings (SSSR count). The number of amides is 1. The summed E-state index contributed by atoms with van der Waals surface area (Å²) in [6, 6.07) is 7.28. The minimum atomic E-state index is -0.913. The zero-order valence-electron chi connectivity index (χ0n) is 11.9. The molecule has 0 aliphatic heterocycles. The van der Waals surface area contributed by atoms with E-state index in [0.717, 1.165) is 11.3 Å². The first-order valence-electron chi connectivity index (χ1n) is 6.24. The summed E-state index contributed by atoms with van der Waals surface area (Å²) in [5.41, 5.74) is 0.874. The molecule has 0 radical (unpaired) electrons. The van der Waals surface area contributed by atoms with Crippen molar-refractivity contribution in [2.45, 2.75) is 6.92 Å². The third-order valence-electron chi connectivity index (χ3n) is 2.88. The second-order valence-corrected chi connectivity index (χ2v) is 4.56. The minimum absolute atomic E-state index is 0.182. The number of rotatable bonds is 6. The molecule has 20 heavy (non-hydrogen) atoms. The molecule has 1 unspecified atom stereocenters. The Morgan fingerprint density at radius 2 is 1.95 bits per heavy atom. The van der Waals surface area contributed by atoms with Crippen molar-refractivity contribution >= 4 is 18.0 Å². The summed E-state index contributed by atoms with van der Waals surface area (Å²) >= 11 is 0. The van der Waals surface area contributed by atoms with Gasteiger partial charge in [0.05, 0.1) is 13.0 Å². The first kappa shape index (κ1) is 15.8. The van der Waals surface area contributed by atoms with E-state index in [0.29, 0.717) is 0 Å². The number of hydrogen-bond donors (Lipinski definition) is 1. The van der Waals surface area contributed by atoms with Gasteiger partial charge in [-0.3, -0.25) is 9.59 Å². The Kier molecular flexibility index (Phi) is 5.77. The van der Waals surface area contributed by atoms with Crippen molar-refractivity contribution < 1.29 is 19.4 Å². The Morgan fingerprint density at radius 3 is 2.45 bits per heavy atom. The van der Waals surface area contributed by atoms with Crippen molar-refractivity contribution in [2.75, 3.05) is 20.7 Å². The maximum Gasteiger partial charge on any atom is 0.308 e. The van der Waals surface area contributed by atoms with Gasteiger partial charge in [-0.15, -0.1) is 0 Å². The summed E-state index contributed by atoms with van der Waals surface area (Å²) < 4.78 is 5.04. The first-order valence-corrected chi connectivity index (χ1v) is 6.24. The van der Waals surface area contributed by atoms with E-state index in [1.807, 2.05) is 12.1 Å². The third kappa shape index (κ3) is 4.76. The van der Waals surface area contributed by atoms with E-state index in [1.54, 1.807) is 39.3 Å². The molecular formula is C15H19NO4. The predicted molar refractivity (Wildman–Crippen MR) is 76.5 cm³/mol. The molecule has 1 aromatic rings. The standard InChI is InChI=1S/C15H19NO4/c1-11(15(18)19)10-16(2)14(17)9-6-12-4-7-13(20-3)8-5-12/h4-9,11H,10H2,1-3H3,(H,18,19). The first-order chi connectivity index (χ1) is 9.43. The lowest BCUT2D eigenvalue weighted by Gasteiger charge is -2.17. The van der Waals surface area contributed by atoms with Crippen LogP contribution in [0, 0.1) is 5.92 Å². The van der Waals surface area contributed by atoms with Gasteiger partial charge in [-0.25, -0.2) is 0 Å². The lowest BCUT2D eigenvalue weighted by Crippen LogP contribution is -2.32. The minimum Gasteiger partial charge on any atom is -0.497 e. The highest BCUT2D eigenvalue weighted by molar-refractivity contribution is 5.91. The second kappa shape index (κ2) is 7.33. The van der Waals surface area contributed by atoms with E-state index in [1.165, 1.54) is 11.0 Å². The highest BCUT2D eigenvalue weighted by Gasteiger charge is 2.15. The van der Waals surface area contributed by atoms with Gasteiger partial charge in [0, 0.05) is 19.7 Å². The van der Waals surface area contributed by atoms with Crippen LogP contribution in [0.25, 0.3) is 6.08 Å². The quantitative estimate of drug-likeness (QED) is 0.806. The normalized spacial score (nSPS) is 12.2. The van der Waals surface area contributed by atoms with E-state index >= 15 is 0 Å². The molecule has 0 spiro atoms. The number of methoxy groups -OCH3 is 1. The van der Waals surface area contributed by atoms with Crippen molar-refractivity contribution in [3.8, 4) is 5.75 Å². The van der Waals surface area contributed by atoms with E-state index in [4.69, 9.17) is 9.84 Å². The number of hydrogen-bond acceptors (Lipinski definition) is 3. The topological polar surface area (TPSA) is 66.8 Å². The smallest absolute Gasteiger partial charge is 0.308 e. The summed E-state index contributed by atoms with van der Waals surface area (Å²) in [6.45, 7) is 1.75. The maximum absolute atomic E-state index is 11.8. The van der Waals surface area contributed by atoms with Crippen LogP contribution in [0.5, 0.6) is 5.75 Å². The van der Waals surface area contributed by atoms with Crippen LogP contribution in [-0.2, 0) is 9.59 Å². The molecule has 1 amide bonds. The number of carbonyl (C=O) groups excluding carboxylic acids is 1. The SMILES string of the molecule is COc1ccc(C=CC(=O)N(C)CC(C)C(=O)O)cc1. The Hall–Kier alpha value is -2.30. The fourth-order valence-electron chi connectivity index (χ4n) is 1.59. The molecule has 1 aromatic carbocycles. The summed E-state index contributed by atoms with van der Waals surface area (Å²) in [4.78, 5) is 23.9. The van der Waals surface area contributed by atoms with Crippen LogP contribution >= 0.6 is 0 Å². The fraction of sp³-hybridized carbons (Fsp3) is 0.333. The lowest BCUT2D eigenvalue weighted by atomic mass is 10.1. The molecule has 1 atom stereocenters. The van der Waals surface area contributed by atoms with E-state index in [2.05, 4.69) is 0 Å². The molecule has 0 aliphatic carbocycles. The molecule has 108 valence electrons. The van der Waals surface area contributed by atoms with Gasteiger partial charge in [0.2, 0.25) is 5.91 Å². The molecule has 0 saturated heterocycles. The molecule has 0 saturated carbocycles. The lowest BCUT2D eigenvalue weighted by molar-refractivity contribution is -0.142. The number of carboxylic acids is 1. The third-order valence-corrected chi connectivity index (χ3v) is 2.88. The zero-order valence-corrected chi connectivity index (χ0v) is 11.9. The van der Waals surface area contributed by atoms with Crippen molar-refractivity contribution in [3.05, 3.63) is 35.9 Å². The summed E-state index contributed by atoms with van der Waals surface area (Å²) in [7, 11) is 3.17. The molecule has 1 N–H and O–H groups in total. The number of carbonyl (C=O) groups is 2. The Bertz CT molecular complexity index is 493. The van der Waals surface area contributed by atoms with Gasteiger partial charge >= 0.3 is 5.97 Å². The van der Waals surface area contributed by atoms with E-state index < -0.39 is 11.9 Å². The Morgan fingerprint density at radius 1 is 1.35 bits per heavy atom. The van der Waals surface area contributed by atoms with Crippen molar-refractivity contribution in [1.82, 2.24) is 4.90 Å². The van der Waals surface area contributed by atoms with Crippen LogP contribution in [0.2, 0.25) is 0 Å². The van der Waals surface area contributed by atoms with Gasteiger partial charge in [-0.2, -0.15) is 0 Å². The van der Waals surface area contributed by atoms with Crippen LogP contribution in [-0.4, -0.2) is 42.6 Å². The largest absolute Gasteiger partial charge is 0.497 e. The average molecular weight is 277 g/mol. The van der Waals surface area contributed by atoms with E-state index in [9.17, 15) is 9.59 Å². The predicted octanol–water partition coefficient (Wildman–Crippen LogP) is 1.89. The van der Waals surface area contributed by atoms with Crippen molar-refractivity contribution in [2.24, 2.45) is 5.92 Å². The van der Waals surface area contributed by atoms with Crippen LogP contribution in [0.4, 0.5) is 0 Å². The zero-order chi connectivity index (χ0) is 15.1. The molecule has 0 fully saturated rings. The molecular weight excluding hydrogens is 258 g/mol. The van der Waals surface area contributed by atoms with Gasteiger partial charge in [0.1, 0.15) is 5.75 Å². The fourth-order valence-corrected chi connectivity index (χ4v) is 1.59. The Labute approximate surface area is 118 Å². The summed E-state index contributed by atoms with van der Waals surface area (Å²) in [5, 5.41) is 8.80. The van der Waals surface area contributed by atoms with Gasteiger partial charge in [0.25, 0.3) is 0 Å². The van der Waals surface area contributed by atoms with Gasteiger partial charge in [-0.1, -0.05) is 19.1 Å². The number of nitrogens with zero attached hydrogens (tertiary/aromatic N) is 1. The van der Waals surface area contributed by atoms with Gasteiger partial charge < -0.3 is 14.7 Å². The number of benzene rings is 1. The highest BCUT2D eigenvalue weighted by atomic mass is 16.5. The molecule has 0 heterocycles. The molecule has 0 aliphatic rings. The van der Waals surface area contributed by atoms with Crippen molar-refractivity contribution in [1.29, 1.82) is 0 Å². The van der Waals surface area contributed by atoms with Gasteiger partial charge in [0.15, 0.2) is 0 Å².